The van der Waals surface area contributed by atoms with Crippen LogP contribution in [0.5, 0.6) is 17.6 Å². The van der Waals surface area contributed by atoms with Gasteiger partial charge in [-0.2, -0.15) is 9.97 Å². The quantitative estimate of drug-likeness (QED) is 0.0678. The third-order valence-electron chi connectivity index (χ3n) is 18.3. The highest BCUT2D eigenvalue weighted by atomic mass is 32.1. The highest BCUT2D eigenvalue weighted by Crippen LogP contribution is 2.44. The fourth-order valence-corrected chi connectivity index (χ4v) is 14.4. The van der Waals surface area contributed by atoms with Crippen LogP contribution in [-0.2, 0) is 25.5 Å². The predicted octanol–water partition coefficient (Wildman–Crippen LogP) is 10.2. The van der Waals surface area contributed by atoms with E-state index in [1.807, 2.05) is 81.7 Å². The van der Waals surface area contributed by atoms with Gasteiger partial charge in [-0.05, 0) is 116 Å². The topological polar surface area (TPSA) is 220 Å². The van der Waals surface area contributed by atoms with Gasteiger partial charge in [-0.25, -0.2) is 14.2 Å². The first kappa shape index (κ1) is 59.8. The lowest BCUT2D eigenvalue weighted by Crippen LogP contribution is -2.56. The van der Waals surface area contributed by atoms with E-state index in [-0.39, 0.29) is 116 Å². The molecule has 7 aromatic rings. The summed E-state index contributed by atoms with van der Waals surface area (Å²) in [5, 5.41) is 20.3. The molecule has 0 unspecified atom stereocenters. The van der Waals surface area contributed by atoms with Crippen LogP contribution in [0.4, 0.5) is 15.0 Å². The van der Waals surface area contributed by atoms with E-state index in [1.54, 1.807) is 35.6 Å². The molecule has 460 valence electrons. The Bertz CT molecular complexity index is 3630. The Balaban J connectivity index is 0.663. The molecule has 5 aliphatic rings. The van der Waals surface area contributed by atoms with E-state index < -0.39 is 30.0 Å². The van der Waals surface area contributed by atoms with Gasteiger partial charge in [-0.3, -0.25) is 19.5 Å². The standard InChI is InChI=1S/C65H77FN10O10S/c1-7-41-14-12-15-44-26-47(84-37-81-6)28-49(55(41)44)57-56(66)58-50(30-67-57)60(73-23-10-8-9-11-24-73)71-63(70-58)83-35-65-21-13-25-76(65)45(20-22-65)34-82-64(80)74-32-48(33-74)85-53-29-52(86-72-53)54(38(2)3)62(79)75-31-46(77)27-51(75)61(78)69-39(4)42-16-18-43(19-17-42)59-40(5)68-36-87-59/h12,14-19,26,28-30,36,38-39,45-46,48,51,54,77H,7-11,13,20-25,27,31-35,37H2,1-6H3,(H,69,78)/t39-,45-,46+,51-,54+,65+/m0/s1. The van der Waals surface area contributed by atoms with Crippen molar-refractivity contribution in [3.8, 4) is 39.3 Å². The number of nitrogens with zero attached hydrogens (tertiary/aromatic N) is 9. The van der Waals surface area contributed by atoms with Gasteiger partial charge in [0.25, 0.3) is 5.88 Å². The molecule has 3 aromatic carbocycles. The number of carbonyl (C=O) groups is 3. The number of hydrogen-bond donors (Lipinski definition) is 2. The molecule has 22 heteroatoms. The molecule has 0 bridgehead atoms. The van der Waals surface area contributed by atoms with Gasteiger partial charge in [0.2, 0.25) is 11.8 Å². The number of aliphatic hydroxyl groups is 1. The first-order valence-electron chi connectivity index (χ1n) is 30.7. The normalized spacial score (nSPS) is 21.5. The number of aryl methyl sites for hydroxylation is 2. The van der Waals surface area contributed by atoms with Crippen LogP contribution in [0.25, 0.3) is 43.4 Å². The number of likely N-dealkylation sites (tertiary alicyclic amines) is 2. The van der Waals surface area contributed by atoms with Gasteiger partial charge >= 0.3 is 12.1 Å². The minimum Gasteiger partial charge on any atom is -0.468 e. The van der Waals surface area contributed by atoms with E-state index in [2.05, 4.69) is 38.2 Å². The number of aromatic nitrogens is 5. The molecule has 20 nitrogen and oxygen atoms in total. The summed E-state index contributed by atoms with van der Waals surface area (Å²) in [6.07, 6.45) is 8.49. The monoisotopic (exact) mass is 1210 g/mol. The Morgan fingerprint density at radius 1 is 0.943 bits per heavy atom. The molecule has 87 heavy (non-hydrogen) atoms. The molecule has 0 saturated carbocycles. The second-order valence-corrected chi connectivity index (χ2v) is 25.2. The number of thiazole rings is 1. The Labute approximate surface area is 509 Å². The molecular formula is C65H77FN10O10S. The lowest BCUT2D eigenvalue weighted by atomic mass is 9.91. The second kappa shape index (κ2) is 25.7. The molecule has 5 fully saturated rings. The van der Waals surface area contributed by atoms with Crippen molar-refractivity contribution in [1.82, 2.24) is 45.1 Å². The van der Waals surface area contributed by atoms with Crippen molar-refractivity contribution in [3.63, 3.8) is 0 Å². The van der Waals surface area contributed by atoms with Crippen molar-refractivity contribution in [1.29, 1.82) is 0 Å². The number of fused-ring (bicyclic) bond motifs is 3. The second-order valence-electron chi connectivity index (χ2n) is 24.3. The molecule has 5 saturated heterocycles. The number of nitrogens with one attached hydrogen (secondary N) is 1. The van der Waals surface area contributed by atoms with Crippen molar-refractivity contribution in [2.75, 3.05) is 71.3 Å². The molecule has 2 N–H and O–H groups in total. The molecule has 0 radical (unpaired) electrons. The Kier molecular flexibility index (Phi) is 17.6. The number of carbonyl (C=O) groups excluding carboxylic acids is 3. The lowest BCUT2D eigenvalue weighted by Gasteiger charge is -2.38. The fourth-order valence-electron chi connectivity index (χ4n) is 13.6. The number of anilines is 1. The highest BCUT2D eigenvalue weighted by molar-refractivity contribution is 7.13. The number of β-amino-alcohol motifs (C(OH)–C–C–N with tert-alkyl or cyclic N) is 1. The fraction of sp³-hybridized carbons (Fsp3) is 0.508. The third-order valence-corrected chi connectivity index (χ3v) is 19.2. The van der Waals surface area contributed by atoms with Crippen molar-refractivity contribution < 1.29 is 52.1 Å². The smallest absolute Gasteiger partial charge is 0.410 e. The van der Waals surface area contributed by atoms with Crippen LogP contribution in [-0.4, -0.2) is 159 Å². The molecule has 3 amide bonds. The van der Waals surface area contributed by atoms with Gasteiger partial charge in [-0.15, -0.1) is 11.3 Å². The van der Waals surface area contributed by atoms with Crippen LogP contribution in [0.15, 0.2) is 76.9 Å². The van der Waals surface area contributed by atoms with Crippen molar-refractivity contribution >= 4 is 56.7 Å². The van der Waals surface area contributed by atoms with Crippen molar-refractivity contribution in [2.45, 2.75) is 141 Å². The summed E-state index contributed by atoms with van der Waals surface area (Å²) < 4.78 is 53.2. The number of rotatable bonds is 20. The predicted molar refractivity (Wildman–Crippen MR) is 326 cm³/mol. The van der Waals surface area contributed by atoms with Crippen LogP contribution in [0.3, 0.4) is 0 Å². The molecule has 9 heterocycles. The summed E-state index contributed by atoms with van der Waals surface area (Å²) in [7, 11) is 1.56. The minimum absolute atomic E-state index is 0.00402. The lowest BCUT2D eigenvalue weighted by molar-refractivity contribution is -0.141. The zero-order valence-electron chi connectivity index (χ0n) is 50.3. The van der Waals surface area contributed by atoms with E-state index in [0.29, 0.717) is 22.5 Å². The molecule has 12 rings (SSSR count). The first-order valence-corrected chi connectivity index (χ1v) is 31.6. The number of aliphatic hydroxyl groups excluding tert-OH is 1. The highest BCUT2D eigenvalue weighted by Gasteiger charge is 2.51. The maximum absolute atomic E-state index is 17.5. The molecule has 0 spiro atoms. The van der Waals surface area contributed by atoms with Gasteiger partial charge in [0.1, 0.15) is 54.1 Å². The van der Waals surface area contributed by atoms with E-state index >= 15 is 4.39 Å². The van der Waals surface area contributed by atoms with Crippen LogP contribution >= 0.6 is 11.3 Å². The molecule has 0 aliphatic carbocycles. The van der Waals surface area contributed by atoms with Crippen LogP contribution < -0.4 is 24.4 Å². The average Bonchev–Trinajstić information content (AvgIpc) is 2.26. The maximum atomic E-state index is 17.5. The van der Waals surface area contributed by atoms with Crippen molar-refractivity contribution in [3.05, 3.63) is 101 Å². The number of methoxy groups -OCH3 is 1. The summed E-state index contributed by atoms with van der Waals surface area (Å²) in [5.41, 5.74) is 6.37. The van der Waals surface area contributed by atoms with Crippen molar-refractivity contribution in [2.24, 2.45) is 5.92 Å². The van der Waals surface area contributed by atoms with Crippen LogP contribution in [0.1, 0.15) is 120 Å². The van der Waals surface area contributed by atoms with Gasteiger partial charge in [-0.1, -0.05) is 76.1 Å². The Morgan fingerprint density at radius 3 is 2.49 bits per heavy atom. The van der Waals surface area contributed by atoms with E-state index in [4.69, 9.17) is 43.2 Å². The van der Waals surface area contributed by atoms with E-state index in [1.165, 1.54) is 4.90 Å². The number of hydrogen-bond acceptors (Lipinski definition) is 18. The molecular weight excluding hydrogens is 1130 g/mol. The summed E-state index contributed by atoms with van der Waals surface area (Å²) in [6.45, 7) is 13.2. The molecule has 4 aromatic heterocycles. The van der Waals surface area contributed by atoms with Crippen LogP contribution in [0.2, 0.25) is 0 Å². The third kappa shape index (κ3) is 12.3. The zero-order valence-corrected chi connectivity index (χ0v) is 51.2. The summed E-state index contributed by atoms with van der Waals surface area (Å²) in [4.78, 5) is 69.5. The average molecular weight is 1210 g/mol. The van der Waals surface area contributed by atoms with Gasteiger partial charge in [0.15, 0.2) is 18.4 Å². The van der Waals surface area contributed by atoms with Crippen LogP contribution in [0, 0.1) is 18.7 Å². The number of ether oxygens (including phenoxy) is 5. The van der Waals surface area contributed by atoms with Gasteiger partial charge in [0, 0.05) is 57.0 Å². The summed E-state index contributed by atoms with van der Waals surface area (Å²) >= 11 is 1.58. The number of benzene rings is 3. The zero-order chi connectivity index (χ0) is 60.5. The SMILES string of the molecule is CCc1cccc2cc(OCOC)cc(-c3ncc4c(N5CCCCCC5)nc(OC[C@]56CCCN5[C@H](COC(=O)N5CC(Oc7cc([C@H](C(=O)N8C[C@H](O)C[C@H]8C(=O)N[C@@H](C)c8ccc(-c9scnc9C)cc8)C(C)C)on7)C5)CC6)nc4c3F)c12. The molecule has 6 atom stereocenters. The summed E-state index contributed by atoms with van der Waals surface area (Å²) in [6, 6.07) is 18.2. The van der Waals surface area contributed by atoms with E-state index in [0.717, 1.165) is 115 Å². The number of amides is 3. The Morgan fingerprint density at radius 2 is 1.75 bits per heavy atom. The largest absolute Gasteiger partial charge is 0.468 e. The first-order chi connectivity index (χ1) is 42.2. The molecule has 5 aliphatic heterocycles. The maximum Gasteiger partial charge on any atom is 0.410 e. The summed E-state index contributed by atoms with van der Waals surface area (Å²) in [5.74, 6) is -0.715. The number of halogens is 1. The van der Waals surface area contributed by atoms with Gasteiger partial charge < -0.3 is 53.3 Å². The number of pyridine rings is 1. The van der Waals surface area contributed by atoms with E-state index in [9.17, 15) is 19.5 Å². The Hall–Kier alpha value is -7.53. The van der Waals surface area contributed by atoms with Gasteiger partial charge in [0.05, 0.1) is 52.2 Å². The minimum atomic E-state index is -0.883.